The molecule has 30 heavy (non-hydrogen) atoms. The summed E-state index contributed by atoms with van der Waals surface area (Å²) in [6.07, 6.45) is 11.1. The number of nitrogens with zero attached hydrogens (tertiary/aromatic N) is 2. The minimum atomic E-state index is -0.127. The van der Waals surface area contributed by atoms with Crippen molar-refractivity contribution in [2.45, 2.75) is 82.9 Å². The number of carbonyl (C=O) groups excluding carboxylic acids is 2. The normalized spacial score (nSPS) is 18.2. The predicted octanol–water partition coefficient (Wildman–Crippen LogP) is 5.64. The Morgan fingerprint density at radius 2 is 1.57 bits per heavy atom. The van der Waals surface area contributed by atoms with Crippen molar-refractivity contribution in [3.8, 4) is 0 Å². The number of aryl methyl sites for hydroxylation is 1. The van der Waals surface area contributed by atoms with Crippen molar-refractivity contribution in [2.75, 3.05) is 25.4 Å². The second-order valence-electron chi connectivity index (χ2n) is 8.87. The van der Waals surface area contributed by atoms with Crippen molar-refractivity contribution in [3.63, 3.8) is 0 Å². The quantitative estimate of drug-likeness (QED) is 0.476. The predicted molar refractivity (Wildman–Crippen MR) is 126 cm³/mol. The monoisotopic (exact) mass is 430 g/mol. The van der Waals surface area contributed by atoms with E-state index >= 15 is 0 Å². The number of hydrogen-bond acceptors (Lipinski definition) is 3. The molecule has 0 atom stereocenters. The average molecular weight is 431 g/mol. The van der Waals surface area contributed by atoms with Crippen molar-refractivity contribution in [1.82, 2.24) is 9.80 Å². The van der Waals surface area contributed by atoms with Crippen LogP contribution in [0.4, 0.5) is 0 Å². The van der Waals surface area contributed by atoms with E-state index < -0.39 is 0 Å². The van der Waals surface area contributed by atoms with E-state index in [2.05, 4.69) is 11.8 Å². The van der Waals surface area contributed by atoms with Crippen LogP contribution in [-0.4, -0.2) is 51.9 Å². The van der Waals surface area contributed by atoms with Gasteiger partial charge in [-0.25, -0.2) is 0 Å². The summed E-state index contributed by atoms with van der Waals surface area (Å²) in [4.78, 5) is 29.8. The maximum atomic E-state index is 13.1. The van der Waals surface area contributed by atoms with Crippen molar-refractivity contribution < 1.29 is 9.59 Å². The van der Waals surface area contributed by atoms with Gasteiger partial charge in [-0.3, -0.25) is 9.59 Å². The molecule has 2 fully saturated rings. The zero-order valence-electron chi connectivity index (χ0n) is 18.8. The second-order valence-corrected chi connectivity index (χ2v) is 10.3. The molecule has 2 amide bonds. The van der Waals surface area contributed by atoms with Gasteiger partial charge >= 0.3 is 0 Å². The summed E-state index contributed by atoms with van der Waals surface area (Å²) in [7, 11) is 0. The molecular weight excluding hydrogens is 392 g/mol. The van der Waals surface area contributed by atoms with Gasteiger partial charge in [0.25, 0.3) is 5.91 Å². The van der Waals surface area contributed by atoms with Gasteiger partial charge in [-0.2, -0.15) is 0 Å². The zero-order chi connectivity index (χ0) is 21.4. The lowest BCUT2D eigenvalue weighted by atomic mass is 10.00. The number of amides is 2. The Hall–Kier alpha value is -1.49. The molecule has 0 aromatic heterocycles. The molecule has 2 aliphatic rings. The fraction of sp³-hybridized carbons (Fsp3) is 0.680. The van der Waals surface area contributed by atoms with Gasteiger partial charge in [0.05, 0.1) is 4.87 Å². The SMILES string of the molecule is CCCCCCCCCC(=O)N1CCC2(CC1)SCCN2C(=O)c1ccc(C)cc1. The molecule has 1 spiro atoms. The molecule has 0 aliphatic carbocycles. The molecule has 0 radical (unpaired) electrons. The number of carbonyl (C=O) groups is 2. The molecule has 2 aliphatic heterocycles. The smallest absolute Gasteiger partial charge is 0.254 e. The summed E-state index contributed by atoms with van der Waals surface area (Å²) in [5.41, 5.74) is 1.95. The number of piperidine rings is 1. The molecule has 0 bridgehead atoms. The highest BCUT2D eigenvalue weighted by Crippen LogP contribution is 2.44. The molecule has 1 aromatic rings. The summed E-state index contributed by atoms with van der Waals surface area (Å²) in [5, 5.41) is 0. The first-order chi connectivity index (χ1) is 14.6. The molecule has 0 saturated carbocycles. The number of likely N-dealkylation sites (tertiary alicyclic amines) is 1. The summed E-state index contributed by atoms with van der Waals surface area (Å²) >= 11 is 1.91. The molecular formula is C25H38N2O2S. The van der Waals surface area contributed by atoms with Crippen molar-refractivity contribution in [3.05, 3.63) is 35.4 Å². The highest BCUT2D eigenvalue weighted by molar-refractivity contribution is 8.00. The van der Waals surface area contributed by atoms with Gasteiger partial charge in [0.2, 0.25) is 5.91 Å². The standard InChI is InChI=1S/C25H38N2O2S/c1-3-4-5-6-7-8-9-10-23(28)26-17-15-25(16-18-26)27(19-20-30-25)24(29)22-13-11-21(2)12-14-22/h11-14H,3-10,15-20H2,1-2H3. The van der Waals surface area contributed by atoms with E-state index in [4.69, 9.17) is 0 Å². The van der Waals surface area contributed by atoms with Crippen LogP contribution in [0.25, 0.3) is 0 Å². The van der Waals surface area contributed by atoms with Gasteiger partial charge < -0.3 is 9.80 Å². The van der Waals surface area contributed by atoms with E-state index in [9.17, 15) is 9.59 Å². The fourth-order valence-electron chi connectivity index (χ4n) is 4.66. The molecule has 5 heteroatoms. The van der Waals surface area contributed by atoms with Crippen LogP contribution in [0.3, 0.4) is 0 Å². The minimum absolute atomic E-state index is 0.127. The fourth-order valence-corrected chi connectivity index (χ4v) is 6.11. The first kappa shape index (κ1) is 23.2. The van der Waals surface area contributed by atoms with Gasteiger partial charge in [0.15, 0.2) is 0 Å². The van der Waals surface area contributed by atoms with Crippen molar-refractivity contribution >= 4 is 23.6 Å². The maximum absolute atomic E-state index is 13.1. The number of rotatable bonds is 9. The summed E-state index contributed by atoms with van der Waals surface area (Å²) in [6.45, 7) is 6.65. The van der Waals surface area contributed by atoms with E-state index in [1.54, 1.807) is 0 Å². The van der Waals surface area contributed by atoms with Crippen molar-refractivity contribution in [1.29, 1.82) is 0 Å². The Bertz CT molecular complexity index is 696. The molecule has 2 heterocycles. The zero-order valence-corrected chi connectivity index (χ0v) is 19.6. The lowest BCUT2D eigenvalue weighted by Crippen LogP contribution is -2.53. The summed E-state index contributed by atoms with van der Waals surface area (Å²) < 4.78 is 0. The molecule has 0 N–H and O–H groups in total. The number of thioether (sulfide) groups is 1. The molecule has 4 nitrogen and oxygen atoms in total. The largest absolute Gasteiger partial charge is 0.342 e. The highest BCUT2D eigenvalue weighted by Gasteiger charge is 2.46. The minimum Gasteiger partial charge on any atom is -0.342 e. The Morgan fingerprint density at radius 1 is 0.933 bits per heavy atom. The van der Waals surface area contributed by atoms with Crippen LogP contribution in [0.1, 0.15) is 87.1 Å². The lowest BCUT2D eigenvalue weighted by Gasteiger charge is -2.44. The maximum Gasteiger partial charge on any atom is 0.254 e. The van der Waals surface area contributed by atoms with Gasteiger partial charge in [-0.05, 0) is 38.3 Å². The summed E-state index contributed by atoms with van der Waals surface area (Å²) in [6, 6.07) is 7.90. The van der Waals surface area contributed by atoms with Crippen LogP contribution in [0, 0.1) is 6.92 Å². The van der Waals surface area contributed by atoms with Crippen LogP contribution in [0.5, 0.6) is 0 Å². The Labute approximate surface area is 186 Å². The van der Waals surface area contributed by atoms with Gasteiger partial charge in [-0.1, -0.05) is 63.1 Å². The third-order valence-corrected chi connectivity index (χ3v) is 8.17. The second kappa shape index (κ2) is 11.2. The average Bonchev–Trinajstić information content (AvgIpc) is 3.16. The van der Waals surface area contributed by atoms with E-state index in [0.717, 1.165) is 50.2 Å². The van der Waals surface area contributed by atoms with Crippen LogP contribution in [-0.2, 0) is 4.79 Å². The van der Waals surface area contributed by atoms with Gasteiger partial charge in [0, 0.05) is 37.4 Å². The van der Waals surface area contributed by atoms with Crippen LogP contribution >= 0.6 is 11.8 Å². The van der Waals surface area contributed by atoms with Crippen LogP contribution < -0.4 is 0 Å². The Morgan fingerprint density at radius 3 is 2.23 bits per heavy atom. The molecule has 3 rings (SSSR count). The highest BCUT2D eigenvalue weighted by atomic mass is 32.2. The molecule has 1 aromatic carbocycles. The number of unbranched alkanes of at least 4 members (excludes halogenated alkanes) is 6. The molecule has 2 saturated heterocycles. The van der Waals surface area contributed by atoms with Crippen molar-refractivity contribution in [2.24, 2.45) is 0 Å². The first-order valence-corrected chi connectivity index (χ1v) is 12.8. The van der Waals surface area contributed by atoms with Crippen LogP contribution in [0.15, 0.2) is 24.3 Å². The molecule has 0 unspecified atom stereocenters. The van der Waals surface area contributed by atoms with E-state index in [0.29, 0.717) is 12.3 Å². The summed E-state index contributed by atoms with van der Waals surface area (Å²) in [5.74, 6) is 1.43. The topological polar surface area (TPSA) is 40.6 Å². The third kappa shape index (κ3) is 5.81. The number of benzene rings is 1. The van der Waals surface area contributed by atoms with E-state index in [1.165, 1.54) is 44.1 Å². The lowest BCUT2D eigenvalue weighted by molar-refractivity contribution is -0.132. The Balaban J connectivity index is 1.45. The third-order valence-electron chi connectivity index (χ3n) is 6.61. The van der Waals surface area contributed by atoms with Crippen LogP contribution in [0.2, 0.25) is 0 Å². The Kier molecular flexibility index (Phi) is 8.67. The van der Waals surface area contributed by atoms with Gasteiger partial charge in [0.1, 0.15) is 0 Å². The van der Waals surface area contributed by atoms with Gasteiger partial charge in [-0.15, -0.1) is 11.8 Å². The van der Waals surface area contributed by atoms with E-state index in [1.807, 2.05) is 47.9 Å². The number of hydrogen-bond donors (Lipinski definition) is 0. The molecule has 166 valence electrons. The van der Waals surface area contributed by atoms with E-state index in [-0.39, 0.29) is 10.8 Å². The first-order valence-electron chi connectivity index (χ1n) is 11.9.